The zero-order valence-corrected chi connectivity index (χ0v) is 17.6. The van der Waals surface area contributed by atoms with Crippen LogP contribution in [0.15, 0.2) is 47.5 Å². The molecule has 0 radical (unpaired) electrons. The first-order valence-corrected chi connectivity index (χ1v) is 10.4. The van der Waals surface area contributed by atoms with Crippen LogP contribution >= 0.6 is 12.4 Å². The first kappa shape index (κ1) is 22.4. The summed E-state index contributed by atoms with van der Waals surface area (Å²) < 4.78 is 34.2. The predicted octanol–water partition coefficient (Wildman–Crippen LogP) is 1.99. The molecule has 7 nitrogen and oxygen atoms in total. The van der Waals surface area contributed by atoms with Gasteiger partial charge in [0.25, 0.3) is 0 Å². The van der Waals surface area contributed by atoms with Crippen LogP contribution in [0.4, 0.5) is 0 Å². The van der Waals surface area contributed by atoms with Gasteiger partial charge in [0, 0.05) is 32.3 Å². The predicted molar refractivity (Wildman–Crippen MR) is 109 cm³/mol. The van der Waals surface area contributed by atoms with Gasteiger partial charge in [-0.3, -0.25) is 0 Å². The topological polar surface area (TPSA) is 94.6 Å². The van der Waals surface area contributed by atoms with Gasteiger partial charge in [0.2, 0.25) is 10.0 Å². The van der Waals surface area contributed by atoms with Crippen LogP contribution in [0.5, 0.6) is 0 Å². The summed E-state index contributed by atoms with van der Waals surface area (Å²) in [5, 5.41) is 0. The van der Waals surface area contributed by atoms with E-state index in [0.29, 0.717) is 19.6 Å². The van der Waals surface area contributed by atoms with Crippen molar-refractivity contribution in [2.24, 2.45) is 18.7 Å². The zero-order chi connectivity index (χ0) is 19.6. The van der Waals surface area contributed by atoms with E-state index in [1.807, 2.05) is 30.3 Å². The molecule has 0 amide bonds. The van der Waals surface area contributed by atoms with Crippen LogP contribution in [-0.4, -0.2) is 49.5 Å². The van der Waals surface area contributed by atoms with Gasteiger partial charge in [-0.25, -0.2) is 13.2 Å². The highest BCUT2D eigenvalue weighted by atomic mass is 35.5. The molecule has 0 unspecified atom stereocenters. The lowest BCUT2D eigenvalue weighted by Gasteiger charge is -2.16. The highest BCUT2D eigenvalue weighted by Crippen LogP contribution is 2.35. The molecule has 3 rings (SSSR count). The number of nitrogens with two attached hydrogens (primary N) is 1. The molecule has 1 saturated heterocycles. The van der Waals surface area contributed by atoms with Crippen LogP contribution in [0.3, 0.4) is 0 Å². The van der Waals surface area contributed by atoms with Gasteiger partial charge in [-0.05, 0) is 31.0 Å². The molecule has 0 saturated carbocycles. The van der Waals surface area contributed by atoms with Crippen LogP contribution in [-0.2, 0) is 21.8 Å². The molecule has 154 valence electrons. The Morgan fingerprint density at radius 3 is 2.54 bits per heavy atom. The van der Waals surface area contributed by atoms with E-state index >= 15 is 0 Å². The largest absolute Gasteiger partial charge is 0.461 e. The Labute approximate surface area is 171 Å². The summed E-state index contributed by atoms with van der Waals surface area (Å²) in [6.07, 6.45) is 1.45. The highest BCUT2D eigenvalue weighted by Gasteiger charge is 2.40. The molecule has 1 aliphatic heterocycles. The number of nitrogens with zero attached hydrogens (tertiary/aromatic N) is 2. The number of halogens is 1. The number of sulfonamides is 1. The lowest BCUT2D eigenvalue weighted by atomic mass is 9.89. The van der Waals surface area contributed by atoms with E-state index in [9.17, 15) is 13.2 Å². The van der Waals surface area contributed by atoms with Crippen molar-refractivity contribution in [2.75, 3.05) is 26.2 Å². The Balaban J connectivity index is 0.00000280. The van der Waals surface area contributed by atoms with Crippen LogP contribution in [0.1, 0.15) is 28.9 Å². The van der Waals surface area contributed by atoms with E-state index < -0.39 is 16.0 Å². The summed E-state index contributed by atoms with van der Waals surface area (Å²) in [4.78, 5) is 12.1. The number of aryl methyl sites for hydroxylation is 1. The Morgan fingerprint density at radius 1 is 1.25 bits per heavy atom. The third kappa shape index (κ3) is 4.25. The van der Waals surface area contributed by atoms with Gasteiger partial charge in [0.1, 0.15) is 10.6 Å². The minimum Gasteiger partial charge on any atom is -0.461 e. The second kappa shape index (κ2) is 9.09. The van der Waals surface area contributed by atoms with Gasteiger partial charge in [0.15, 0.2) is 0 Å². The smallest absolute Gasteiger partial charge is 0.354 e. The van der Waals surface area contributed by atoms with Crippen molar-refractivity contribution in [3.05, 3.63) is 53.9 Å². The SMILES string of the molecule is CCOC(=O)c1cc(S(=O)(=O)N2C[C@@H](CN)[C@H](c3ccccc3)C2)cn1C.Cl. The number of carbonyl (C=O) groups is 1. The highest BCUT2D eigenvalue weighted by molar-refractivity contribution is 7.89. The molecule has 2 atom stereocenters. The minimum absolute atomic E-state index is 0. The minimum atomic E-state index is -3.72. The number of benzene rings is 1. The molecule has 2 heterocycles. The first-order valence-electron chi connectivity index (χ1n) is 8.97. The van der Waals surface area contributed by atoms with Gasteiger partial charge in [-0.15, -0.1) is 12.4 Å². The third-order valence-electron chi connectivity index (χ3n) is 5.04. The summed E-state index contributed by atoms with van der Waals surface area (Å²) in [5.74, 6) is -0.431. The van der Waals surface area contributed by atoms with Crippen LogP contribution in [0, 0.1) is 5.92 Å². The lowest BCUT2D eigenvalue weighted by Crippen LogP contribution is -2.29. The first-order chi connectivity index (χ1) is 12.9. The molecule has 9 heteroatoms. The summed E-state index contributed by atoms with van der Waals surface area (Å²) in [5.41, 5.74) is 7.22. The van der Waals surface area contributed by atoms with E-state index in [-0.39, 0.29) is 41.4 Å². The van der Waals surface area contributed by atoms with Crippen molar-refractivity contribution in [1.82, 2.24) is 8.87 Å². The monoisotopic (exact) mass is 427 g/mol. The van der Waals surface area contributed by atoms with E-state index in [1.165, 1.54) is 21.1 Å². The Hall–Kier alpha value is -1.87. The fourth-order valence-corrected chi connectivity index (χ4v) is 5.17. The van der Waals surface area contributed by atoms with Crippen LogP contribution < -0.4 is 5.73 Å². The van der Waals surface area contributed by atoms with E-state index in [1.54, 1.807) is 14.0 Å². The number of esters is 1. The average molecular weight is 428 g/mol. The lowest BCUT2D eigenvalue weighted by molar-refractivity contribution is 0.0515. The van der Waals surface area contributed by atoms with E-state index in [2.05, 4.69) is 0 Å². The molecule has 0 aliphatic carbocycles. The maximum absolute atomic E-state index is 13.1. The average Bonchev–Trinajstić information content (AvgIpc) is 3.27. The number of aromatic nitrogens is 1. The summed E-state index contributed by atoms with van der Waals surface area (Å²) >= 11 is 0. The second-order valence-electron chi connectivity index (χ2n) is 6.73. The summed E-state index contributed by atoms with van der Waals surface area (Å²) in [7, 11) is -2.09. The molecule has 2 aromatic rings. The summed E-state index contributed by atoms with van der Waals surface area (Å²) in [6.45, 7) is 3.09. The van der Waals surface area contributed by atoms with E-state index in [4.69, 9.17) is 10.5 Å². The zero-order valence-electron chi connectivity index (χ0n) is 15.9. The fourth-order valence-electron chi connectivity index (χ4n) is 3.58. The molecule has 1 aromatic carbocycles. The standard InChI is InChI=1S/C19H25N3O4S.ClH/c1-3-26-19(23)18-9-16(12-21(18)2)27(24,25)22-11-15(10-20)17(13-22)14-7-5-4-6-8-14;/h4-9,12,15,17H,3,10-11,13,20H2,1-2H3;1H/t15-,17+;/m1./s1. The van der Waals surface area contributed by atoms with Crippen LogP contribution in [0.2, 0.25) is 0 Å². The van der Waals surface area contributed by atoms with Gasteiger partial charge in [-0.2, -0.15) is 4.31 Å². The Bertz CT molecular complexity index is 915. The third-order valence-corrected chi connectivity index (χ3v) is 6.84. The van der Waals surface area contributed by atoms with Crippen molar-refractivity contribution in [1.29, 1.82) is 0 Å². The maximum Gasteiger partial charge on any atom is 0.354 e. The van der Waals surface area contributed by atoms with Crippen LogP contribution in [0.25, 0.3) is 0 Å². The van der Waals surface area contributed by atoms with E-state index in [0.717, 1.165) is 5.56 Å². The number of hydrogen-bond acceptors (Lipinski definition) is 5. The molecular weight excluding hydrogens is 402 g/mol. The molecule has 2 N–H and O–H groups in total. The van der Waals surface area contributed by atoms with Gasteiger partial charge in [-0.1, -0.05) is 30.3 Å². The van der Waals surface area contributed by atoms with Crippen molar-refractivity contribution in [3.8, 4) is 0 Å². The number of ether oxygens (including phenoxy) is 1. The normalized spacial score (nSPS) is 20.0. The Morgan fingerprint density at radius 2 is 1.93 bits per heavy atom. The van der Waals surface area contributed by atoms with Crippen molar-refractivity contribution < 1.29 is 17.9 Å². The number of carbonyl (C=O) groups excluding carboxylic acids is 1. The van der Waals surface area contributed by atoms with Crippen molar-refractivity contribution >= 4 is 28.4 Å². The molecule has 0 spiro atoms. The number of rotatable bonds is 6. The summed E-state index contributed by atoms with van der Waals surface area (Å²) in [6, 6.07) is 11.2. The van der Waals surface area contributed by atoms with Crippen molar-refractivity contribution in [3.63, 3.8) is 0 Å². The second-order valence-corrected chi connectivity index (χ2v) is 8.67. The van der Waals surface area contributed by atoms with Crippen molar-refractivity contribution in [2.45, 2.75) is 17.7 Å². The quantitative estimate of drug-likeness (QED) is 0.711. The maximum atomic E-state index is 13.1. The molecule has 28 heavy (non-hydrogen) atoms. The molecule has 1 aliphatic rings. The van der Waals surface area contributed by atoms with Gasteiger partial charge < -0.3 is 15.0 Å². The molecule has 1 fully saturated rings. The molecule has 1 aromatic heterocycles. The fraction of sp³-hybridized carbons (Fsp3) is 0.421. The van der Waals surface area contributed by atoms with Gasteiger partial charge >= 0.3 is 5.97 Å². The molecular formula is C19H26ClN3O4S. The van der Waals surface area contributed by atoms with Gasteiger partial charge in [0.05, 0.1) is 6.61 Å². The molecule has 0 bridgehead atoms. The Kier molecular flexibility index (Phi) is 7.28. The number of hydrogen-bond donors (Lipinski definition) is 1.